The molecule has 150 valence electrons. The van der Waals surface area contributed by atoms with Crippen molar-refractivity contribution in [1.82, 2.24) is 0 Å². The number of nitrogens with one attached hydrogen (secondary N) is 1. The molecule has 2 amide bonds. The van der Waals surface area contributed by atoms with E-state index in [-0.39, 0.29) is 17.0 Å². The van der Waals surface area contributed by atoms with E-state index in [9.17, 15) is 14.0 Å². The van der Waals surface area contributed by atoms with Gasteiger partial charge in [0.15, 0.2) is 0 Å². The topological polar surface area (TPSA) is 49.4 Å². The van der Waals surface area contributed by atoms with Crippen molar-refractivity contribution in [3.8, 4) is 0 Å². The third-order valence-corrected chi connectivity index (χ3v) is 5.12. The van der Waals surface area contributed by atoms with E-state index < -0.39 is 17.6 Å². The lowest BCUT2D eigenvalue weighted by atomic mass is 9.97. The maximum absolute atomic E-state index is 14.5. The Bertz CT molecular complexity index is 1210. The van der Waals surface area contributed by atoms with Crippen LogP contribution in [0, 0.1) is 26.6 Å². The Morgan fingerprint density at radius 3 is 2.23 bits per heavy atom. The highest BCUT2D eigenvalue weighted by Gasteiger charge is 2.41. The summed E-state index contributed by atoms with van der Waals surface area (Å²) in [6.07, 6.45) is 0. The van der Waals surface area contributed by atoms with Gasteiger partial charge < -0.3 is 5.32 Å². The predicted octanol–water partition coefficient (Wildman–Crippen LogP) is 5.15. The van der Waals surface area contributed by atoms with Gasteiger partial charge in [-0.3, -0.25) is 9.59 Å². The predicted molar refractivity (Wildman–Crippen MR) is 117 cm³/mol. The average molecular weight is 400 g/mol. The third kappa shape index (κ3) is 3.39. The highest BCUT2D eigenvalue weighted by molar-refractivity contribution is 6.46. The quantitative estimate of drug-likeness (QED) is 0.617. The molecule has 1 heterocycles. The fraction of sp³-hybridized carbons (Fsp3) is 0.120. The van der Waals surface area contributed by atoms with Gasteiger partial charge in [-0.1, -0.05) is 48.0 Å². The molecule has 1 aliphatic rings. The number of hydrogen-bond acceptors (Lipinski definition) is 3. The van der Waals surface area contributed by atoms with Crippen molar-refractivity contribution in [2.24, 2.45) is 0 Å². The van der Waals surface area contributed by atoms with E-state index >= 15 is 0 Å². The summed E-state index contributed by atoms with van der Waals surface area (Å²) in [6, 6.07) is 19.0. The first kappa shape index (κ1) is 19.6. The number of para-hydroxylation sites is 1. The van der Waals surface area contributed by atoms with Crippen LogP contribution in [0.4, 0.5) is 15.8 Å². The fourth-order valence-electron chi connectivity index (χ4n) is 3.71. The van der Waals surface area contributed by atoms with E-state index in [1.165, 1.54) is 18.2 Å². The Morgan fingerprint density at radius 2 is 1.53 bits per heavy atom. The molecule has 0 aromatic heterocycles. The van der Waals surface area contributed by atoms with Crippen molar-refractivity contribution in [2.45, 2.75) is 20.8 Å². The van der Waals surface area contributed by atoms with Crippen LogP contribution in [0.15, 0.2) is 72.4 Å². The van der Waals surface area contributed by atoms with E-state index in [1.54, 1.807) is 6.07 Å². The summed E-state index contributed by atoms with van der Waals surface area (Å²) in [5.41, 5.74) is 4.57. The molecule has 30 heavy (non-hydrogen) atoms. The second-order valence-corrected chi connectivity index (χ2v) is 7.46. The lowest BCUT2D eigenvalue weighted by molar-refractivity contribution is -0.120. The van der Waals surface area contributed by atoms with Gasteiger partial charge in [-0.05, 0) is 61.7 Å². The molecule has 0 saturated carbocycles. The van der Waals surface area contributed by atoms with Crippen LogP contribution >= 0.6 is 0 Å². The zero-order valence-corrected chi connectivity index (χ0v) is 17.0. The maximum atomic E-state index is 14.5. The first-order valence-corrected chi connectivity index (χ1v) is 9.65. The van der Waals surface area contributed by atoms with Gasteiger partial charge in [-0.25, -0.2) is 9.29 Å². The van der Waals surface area contributed by atoms with Crippen molar-refractivity contribution in [1.29, 1.82) is 0 Å². The Hall–Kier alpha value is -3.73. The summed E-state index contributed by atoms with van der Waals surface area (Å²) in [4.78, 5) is 27.7. The Morgan fingerprint density at radius 1 is 0.800 bits per heavy atom. The summed E-state index contributed by atoms with van der Waals surface area (Å²) < 4.78 is 14.5. The van der Waals surface area contributed by atoms with Crippen molar-refractivity contribution in [2.75, 3.05) is 10.2 Å². The highest BCUT2D eigenvalue weighted by atomic mass is 19.1. The Balaban J connectivity index is 1.89. The molecule has 0 atom stereocenters. The molecule has 0 radical (unpaired) electrons. The lowest BCUT2D eigenvalue weighted by Crippen LogP contribution is -2.33. The van der Waals surface area contributed by atoms with Gasteiger partial charge in [0, 0.05) is 5.69 Å². The van der Waals surface area contributed by atoms with Crippen LogP contribution in [0.1, 0.15) is 22.3 Å². The maximum Gasteiger partial charge on any atom is 0.282 e. The molecule has 1 aliphatic heterocycles. The number of rotatable bonds is 4. The molecular formula is C25H21FN2O2. The third-order valence-electron chi connectivity index (χ3n) is 5.12. The number of imide groups is 1. The number of amides is 2. The number of carbonyl (C=O) groups is 2. The van der Waals surface area contributed by atoms with Gasteiger partial charge in [-0.15, -0.1) is 0 Å². The minimum Gasteiger partial charge on any atom is -0.350 e. The van der Waals surface area contributed by atoms with Gasteiger partial charge in [0.05, 0.1) is 11.3 Å². The molecular weight excluding hydrogens is 379 g/mol. The zero-order valence-electron chi connectivity index (χ0n) is 17.0. The van der Waals surface area contributed by atoms with Crippen LogP contribution in [-0.2, 0) is 9.59 Å². The molecule has 3 aromatic rings. The highest BCUT2D eigenvalue weighted by Crippen LogP contribution is 2.36. The SMILES string of the molecule is Cc1cccc(NC2=C(c3ccc(C)cc3C)C(=O)N(c3ccccc3F)C2=O)c1. The van der Waals surface area contributed by atoms with Crippen LogP contribution in [0.25, 0.3) is 5.57 Å². The van der Waals surface area contributed by atoms with Crippen molar-refractivity contribution < 1.29 is 14.0 Å². The molecule has 0 saturated heterocycles. The van der Waals surface area contributed by atoms with Crippen LogP contribution < -0.4 is 10.2 Å². The molecule has 3 aromatic carbocycles. The fourth-order valence-corrected chi connectivity index (χ4v) is 3.71. The number of nitrogens with zero attached hydrogens (tertiary/aromatic N) is 1. The molecule has 5 heteroatoms. The number of anilines is 2. The van der Waals surface area contributed by atoms with Gasteiger partial charge in [0.2, 0.25) is 0 Å². The van der Waals surface area contributed by atoms with E-state index in [0.29, 0.717) is 11.3 Å². The smallest absolute Gasteiger partial charge is 0.282 e. The Kier molecular flexibility index (Phi) is 4.96. The Labute approximate surface area is 174 Å². The normalized spacial score (nSPS) is 13.9. The van der Waals surface area contributed by atoms with Gasteiger partial charge in [0.25, 0.3) is 11.8 Å². The standard InChI is InChI=1S/C25H21FN2O2/c1-15-7-6-8-18(14-15)27-23-22(19-12-11-16(2)13-17(19)3)24(29)28(25(23)30)21-10-5-4-9-20(21)26/h4-14,27H,1-3H3. The van der Waals surface area contributed by atoms with Gasteiger partial charge in [-0.2, -0.15) is 0 Å². The molecule has 0 fully saturated rings. The number of hydrogen-bond donors (Lipinski definition) is 1. The molecule has 0 bridgehead atoms. The summed E-state index contributed by atoms with van der Waals surface area (Å²) >= 11 is 0. The van der Waals surface area contributed by atoms with Crippen molar-refractivity contribution in [3.05, 3.63) is 100 Å². The summed E-state index contributed by atoms with van der Waals surface area (Å²) in [7, 11) is 0. The van der Waals surface area contributed by atoms with Crippen LogP contribution in [-0.4, -0.2) is 11.8 Å². The number of halogens is 1. The number of benzene rings is 3. The lowest BCUT2D eigenvalue weighted by Gasteiger charge is -2.16. The van der Waals surface area contributed by atoms with E-state index in [4.69, 9.17) is 0 Å². The molecule has 4 nitrogen and oxygen atoms in total. The number of carbonyl (C=O) groups excluding carboxylic acids is 2. The zero-order chi connectivity index (χ0) is 21.4. The van der Waals surface area contributed by atoms with Crippen LogP contribution in [0.2, 0.25) is 0 Å². The molecule has 4 rings (SSSR count). The van der Waals surface area contributed by atoms with Crippen molar-refractivity contribution >= 4 is 28.8 Å². The van der Waals surface area contributed by atoms with Crippen LogP contribution in [0.5, 0.6) is 0 Å². The second kappa shape index (κ2) is 7.59. The second-order valence-electron chi connectivity index (χ2n) is 7.46. The van der Waals surface area contributed by atoms with Gasteiger partial charge >= 0.3 is 0 Å². The monoisotopic (exact) mass is 400 g/mol. The van der Waals surface area contributed by atoms with E-state index in [1.807, 2.05) is 63.2 Å². The minimum absolute atomic E-state index is 0.0594. The number of aryl methyl sites for hydroxylation is 3. The molecule has 0 spiro atoms. The summed E-state index contributed by atoms with van der Waals surface area (Å²) in [6.45, 7) is 5.80. The molecule has 0 unspecified atom stereocenters. The first-order chi connectivity index (χ1) is 14.4. The summed E-state index contributed by atoms with van der Waals surface area (Å²) in [5.74, 6) is -1.76. The minimum atomic E-state index is -0.629. The summed E-state index contributed by atoms with van der Waals surface area (Å²) in [5, 5.41) is 3.12. The average Bonchev–Trinajstić information content (AvgIpc) is 2.93. The van der Waals surface area contributed by atoms with E-state index in [2.05, 4.69) is 5.32 Å². The first-order valence-electron chi connectivity index (χ1n) is 9.65. The van der Waals surface area contributed by atoms with E-state index in [0.717, 1.165) is 21.6 Å². The van der Waals surface area contributed by atoms with Crippen LogP contribution in [0.3, 0.4) is 0 Å². The molecule has 1 N–H and O–H groups in total. The molecule has 0 aliphatic carbocycles. The van der Waals surface area contributed by atoms with Crippen molar-refractivity contribution in [3.63, 3.8) is 0 Å². The van der Waals surface area contributed by atoms with Gasteiger partial charge in [0.1, 0.15) is 11.5 Å². The largest absolute Gasteiger partial charge is 0.350 e.